The lowest BCUT2D eigenvalue weighted by Crippen LogP contribution is -2.38. The van der Waals surface area contributed by atoms with E-state index in [0.717, 1.165) is 41.4 Å². The zero-order valence-corrected chi connectivity index (χ0v) is 12.5. The van der Waals surface area contributed by atoms with E-state index in [-0.39, 0.29) is 27.7 Å². The van der Waals surface area contributed by atoms with Crippen molar-refractivity contribution in [2.45, 2.75) is 26.0 Å². The van der Waals surface area contributed by atoms with Crippen LogP contribution in [0.15, 0.2) is 12.1 Å². The van der Waals surface area contributed by atoms with Gasteiger partial charge in [-0.3, -0.25) is 4.79 Å². The largest absolute Gasteiger partial charge is 0.507 e. The zero-order valence-electron chi connectivity index (χ0n) is 11.7. The molecule has 0 bridgehead atoms. The van der Waals surface area contributed by atoms with Crippen LogP contribution in [-0.2, 0) is 15.6 Å². The maximum Gasteiger partial charge on any atom is 0.214 e. The summed E-state index contributed by atoms with van der Waals surface area (Å²) in [6.45, 7) is 7.23. The molecule has 0 saturated carbocycles. The lowest BCUT2D eigenvalue weighted by molar-refractivity contribution is 0.0991. The summed E-state index contributed by atoms with van der Waals surface area (Å²) in [4.78, 5) is 12.5. The van der Waals surface area contributed by atoms with E-state index in [4.69, 9.17) is 4.74 Å². The van der Waals surface area contributed by atoms with E-state index in [2.05, 4.69) is 0 Å². The summed E-state index contributed by atoms with van der Waals surface area (Å²) in [7, 11) is 0.124. The number of Topliss-reactive ketones (excluding diaryl/α,β-unsaturated/α-hetero) is 1. The van der Waals surface area contributed by atoms with E-state index in [9.17, 15) is 9.90 Å². The summed E-state index contributed by atoms with van der Waals surface area (Å²) in [5.74, 6) is 2.46. The van der Waals surface area contributed by atoms with Crippen LogP contribution in [0, 0.1) is 13.8 Å². The number of aryl methyl sites for hydroxylation is 2. The van der Waals surface area contributed by atoms with Crippen LogP contribution in [0.2, 0.25) is 0 Å². The van der Waals surface area contributed by atoms with Crippen molar-refractivity contribution < 1.29 is 14.6 Å². The molecule has 0 amide bonds. The van der Waals surface area contributed by atoms with E-state index >= 15 is 0 Å². The lowest BCUT2D eigenvalue weighted by Gasteiger charge is -2.19. The molecule has 1 aromatic carbocycles. The van der Waals surface area contributed by atoms with Crippen LogP contribution in [0.3, 0.4) is 0 Å². The first-order valence-corrected chi connectivity index (χ1v) is 8.21. The third kappa shape index (κ3) is 3.12. The number of phenols is 1. The Hall–Kier alpha value is -1.00. The molecular weight excluding hydrogens is 260 g/mol. The van der Waals surface area contributed by atoms with Crippen LogP contribution >= 0.6 is 0 Å². The quantitative estimate of drug-likeness (QED) is 0.682. The molecule has 19 heavy (non-hydrogen) atoms. The van der Waals surface area contributed by atoms with Gasteiger partial charge < -0.3 is 9.84 Å². The highest BCUT2D eigenvalue weighted by Gasteiger charge is 2.35. The third-order valence-electron chi connectivity index (χ3n) is 3.62. The van der Waals surface area contributed by atoms with Crippen LogP contribution in [-0.4, -0.2) is 40.9 Å². The fourth-order valence-electron chi connectivity index (χ4n) is 2.37. The van der Waals surface area contributed by atoms with E-state index in [1.165, 1.54) is 0 Å². The molecule has 1 heterocycles. The molecule has 2 rings (SSSR count). The van der Waals surface area contributed by atoms with Crippen LogP contribution in [0.25, 0.3) is 0 Å². The number of carbonyl (C=O) groups excluding carboxylic acids is 1. The predicted octanol–water partition coefficient (Wildman–Crippen LogP) is 2.23. The number of hydrogen-bond acceptors (Lipinski definition) is 3. The molecule has 1 aromatic rings. The fourth-order valence-corrected chi connectivity index (χ4v) is 4.39. The molecule has 1 N–H and O–H groups in total. The Kier molecular flexibility index (Phi) is 4.53. The van der Waals surface area contributed by atoms with Gasteiger partial charge in [0, 0.05) is 16.5 Å². The number of benzene rings is 1. The second kappa shape index (κ2) is 5.97. The van der Waals surface area contributed by atoms with Crippen molar-refractivity contribution in [3.05, 3.63) is 28.8 Å². The van der Waals surface area contributed by atoms with Gasteiger partial charge in [-0.05, 0) is 44.0 Å². The van der Waals surface area contributed by atoms with E-state index in [0.29, 0.717) is 0 Å². The van der Waals surface area contributed by atoms with Crippen molar-refractivity contribution in [3.63, 3.8) is 0 Å². The summed E-state index contributed by atoms with van der Waals surface area (Å²) in [5.41, 5.74) is 2.26. The number of hydrogen-bond donors (Lipinski definition) is 1. The van der Waals surface area contributed by atoms with Crippen molar-refractivity contribution in [1.29, 1.82) is 0 Å². The van der Waals surface area contributed by atoms with Gasteiger partial charge in [-0.2, -0.15) is 0 Å². The van der Waals surface area contributed by atoms with Crippen LogP contribution in [0.5, 0.6) is 5.75 Å². The monoisotopic (exact) mass is 281 g/mol. The predicted molar refractivity (Wildman–Crippen MR) is 79.3 cm³/mol. The molecule has 104 valence electrons. The highest BCUT2D eigenvalue weighted by atomic mass is 32.2. The molecule has 1 atom stereocenters. The van der Waals surface area contributed by atoms with Crippen LogP contribution in [0.1, 0.15) is 28.4 Å². The van der Waals surface area contributed by atoms with Crippen molar-refractivity contribution in [2.24, 2.45) is 0 Å². The average molecular weight is 281 g/mol. The molecule has 1 fully saturated rings. The molecule has 1 unspecified atom stereocenters. The van der Waals surface area contributed by atoms with Gasteiger partial charge in [0.1, 0.15) is 17.3 Å². The molecule has 0 radical (unpaired) electrons. The molecule has 3 nitrogen and oxygen atoms in total. The second-order valence-corrected chi connectivity index (χ2v) is 7.62. The Morgan fingerprint density at radius 2 is 1.79 bits per heavy atom. The van der Waals surface area contributed by atoms with Crippen molar-refractivity contribution >= 4 is 16.7 Å². The first-order chi connectivity index (χ1) is 9.00. The van der Waals surface area contributed by atoms with Crippen molar-refractivity contribution in [1.82, 2.24) is 0 Å². The number of aromatic hydroxyl groups is 1. The Labute approximate surface area is 117 Å². The Morgan fingerprint density at radius 3 is 2.32 bits per heavy atom. The maximum atomic E-state index is 12.5. The highest BCUT2D eigenvalue weighted by molar-refractivity contribution is 7.98. The molecular formula is C15H21O3S+. The van der Waals surface area contributed by atoms with Gasteiger partial charge in [0.05, 0.1) is 13.2 Å². The number of phenolic OH excluding ortho intramolecular Hbond substituents is 1. The molecule has 4 heteroatoms. The Bertz CT molecular complexity index is 455. The first-order valence-electron chi connectivity index (χ1n) is 6.59. The molecule has 1 aliphatic rings. The highest BCUT2D eigenvalue weighted by Crippen LogP contribution is 2.25. The van der Waals surface area contributed by atoms with E-state index < -0.39 is 0 Å². The number of rotatable bonds is 3. The summed E-state index contributed by atoms with van der Waals surface area (Å²) >= 11 is 0. The zero-order chi connectivity index (χ0) is 14.0. The van der Waals surface area contributed by atoms with Gasteiger partial charge in [-0.1, -0.05) is 0 Å². The molecule has 1 saturated heterocycles. The second-order valence-electron chi connectivity index (χ2n) is 5.02. The normalized spacial score (nSPS) is 18.3. The minimum atomic E-state index is 0.0484. The Morgan fingerprint density at radius 1 is 1.26 bits per heavy atom. The van der Waals surface area contributed by atoms with Gasteiger partial charge in [0.15, 0.2) is 5.25 Å². The van der Waals surface area contributed by atoms with Crippen molar-refractivity contribution in [3.8, 4) is 5.75 Å². The number of ether oxygens (including phenoxy) is 1. The smallest absolute Gasteiger partial charge is 0.214 e. The first kappa shape index (κ1) is 14.4. The average Bonchev–Trinajstić information content (AvgIpc) is 2.43. The topological polar surface area (TPSA) is 46.5 Å². The molecule has 0 aliphatic carbocycles. The summed E-state index contributed by atoms with van der Waals surface area (Å²) in [6, 6.07) is 3.59. The van der Waals surface area contributed by atoms with Gasteiger partial charge >= 0.3 is 0 Å². The van der Waals surface area contributed by atoms with Crippen molar-refractivity contribution in [2.75, 3.05) is 24.7 Å². The minimum absolute atomic E-state index is 0.0484. The fraction of sp³-hybridized carbons (Fsp3) is 0.533. The SMILES string of the molecule is Cc1cc(C(=O)C(C)[S+]2CCOCC2)cc(C)c1O. The van der Waals surface area contributed by atoms with Gasteiger partial charge in [0.25, 0.3) is 0 Å². The van der Waals surface area contributed by atoms with E-state index in [1.54, 1.807) is 12.1 Å². The third-order valence-corrected chi connectivity index (χ3v) is 6.22. The number of ketones is 1. The summed E-state index contributed by atoms with van der Waals surface area (Å²) in [5, 5.41) is 9.82. The number of carbonyl (C=O) groups is 1. The summed E-state index contributed by atoms with van der Waals surface area (Å²) < 4.78 is 5.35. The maximum absolute atomic E-state index is 12.5. The summed E-state index contributed by atoms with van der Waals surface area (Å²) in [6.07, 6.45) is 0. The Balaban J connectivity index is 2.18. The van der Waals surface area contributed by atoms with Gasteiger partial charge in [0.2, 0.25) is 5.78 Å². The minimum Gasteiger partial charge on any atom is -0.507 e. The molecule has 1 aliphatic heterocycles. The van der Waals surface area contributed by atoms with Gasteiger partial charge in [-0.25, -0.2) is 0 Å². The van der Waals surface area contributed by atoms with E-state index in [1.807, 2.05) is 20.8 Å². The molecule has 0 spiro atoms. The lowest BCUT2D eigenvalue weighted by atomic mass is 10.0. The standard InChI is InChI=1S/C15H20O3S/c1-10-8-13(9-11(2)14(10)16)15(17)12(3)19-6-4-18-5-7-19/h8-9,12H,4-7H2,1-3H3/p+1. The van der Waals surface area contributed by atoms with Crippen LogP contribution < -0.4 is 0 Å². The van der Waals surface area contributed by atoms with Gasteiger partial charge in [-0.15, -0.1) is 0 Å². The van der Waals surface area contributed by atoms with Crippen LogP contribution in [0.4, 0.5) is 0 Å². The molecule has 0 aromatic heterocycles.